The second-order valence-electron chi connectivity index (χ2n) is 13.4. The van der Waals surface area contributed by atoms with Crippen LogP contribution in [0.3, 0.4) is 0 Å². The number of nitrogens with two attached hydrogens (primary N) is 2. The van der Waals surface area contributed by atoms with E-state index in [-0.39, 0.29) is 48.6 Å². The number of rotatable bonds is 21. The first kappa shape index (κ1) is 39.0. The molecule has 0 unspecified atom stereocenters. The molecular weight excluding hydrogens is 602 g/mol. The van der Waals surface area contributed by atoms with E-state index in [1.807, 2.05) is 33.8 Å². The summed E-state index contributed by atoms with van der Waals surface area (Å²) in [6.07, 6.45) is 2.93. The number of benzene rings is 1. The van der Waals surface area contributed by atoms with Gasteiger partial charge in [0, 0.05) is 25.2 Å². The fourth-order valence-corrected chi connectivity index (χ4v) is 6.63. The maximum Gasteiger partial charge on any atom is 0.240 e. The van der Waals surface area contributed by atoms with Gasteiger partial charge in [-0.1, -0.05) is 60.5 Å². The number of carbonyl (C=O) groups is 5. The van der Waals surface area contributed by atoms with E-state index in [9.17, 15) is 24.0 Å². The Bertz CT molecular complexity index is 1340. The number of ketones is 2. The Morgan fingerprint density at radius 1 is 0.935 bits per heavy atom. The van der Waals surface area contributed by atoms with Gasteiger partial charge >= 0.3 is 0 Å². The molecule has 0 fully saturated rings. The van der Waals surface area contributed by atoms with E-state index in [1.54, 1.807) is 0 Å². The molecule has 5 atom stereocenters. The van der Waals surface area contributed by atoms with Crippen LogP contribution < -0.4 is 22.1 Å². The van der Waals surface area contributed by atoms with Crippen LogP contribution in [-0.4, -0.2) is 52.9 Å². The number of fused-ring (bicyclic) bond motifs is 1. The Balaban J connectivity index is 2.28. The van der Waals surface area contributed by atoms with Crippen molar-refractivity contribution in [2.24, 2.45) is 35.1 Å². The van der Waals surface area contributed by atoms with E-state index in [2.05, 4.69) is 36.6 Å². The lowest BCUT2D eigenvalue weighted by Crippen LogP contribution is -2.50. The van der Waals surface area contributed by atoms with Crippen molar-refractivity contribution < 1.29 is 24.0 Å². The fourth-order valence-electron chi connectivity index (χ4n) is 5.54. The van der Waals surface area contributed by atoms with Gasteiger partial charge in [-0.25, -0.2) is 4.98 Å². The van der Waals surface area contributed by atoms with Crippen LogP contribution in [0.25, 0.3) is 10.2 Å². The first-order chi connectivity index (χ1) is 21.7. The van der Waals surface area contributed by atoms with Gasteiger partial charge in [-0.15, -0.1) is 11.3 Å². The molecule has 1 heterocycles. The molecule has 0 saturated heterocycles. The molecular formula is C35H55N5O5S. The summed E-state index contributed by atoms with van der Waals surface area (Å²) in [6.45, 7) is 13.9. The molecule has 46 heavy (non-hydrogen) atoms. The van der Waals surface area contributed by atoms with Gasteiger partial charge in [0.05, 0.1) is 27.2 Å². The van der Waals surface area contributed by atoms with Crippen molar-refractivity contribution >= 4 is 50.8 Å². The van der Waals surface area contributed by atoms with Crippen LogP contribution >= 0.6 is 11.3 Å². The third kappa shape index (κ3) is 12.2. The maximum atomic E-state index is 13.8. The van der Waals surface area contributed by atoms with E-state index in [0.29, 0.717) is 44.6 Å². The highest BCUT2D eigenvalue weighted by molar-refractivity contribution is 7.18. The number of thiazole rings is 1. The van der Waals surface area contributed by atoms with Gasteiger partial charge in [0.25, 0.3) is 0 Å². The van der Waals surface area contributed by atoms with Crippen molar-refractivity contribution in [2.75, 3.05) is 6.54 Å². The van der Waals surface area contributed by atoms with Gasteiger partial charge in [-0.3, -0.25) is 19.2 Å². The van der Waals surface area contributed by atoms with Crippen molar-refractivity contribution in [3.63, 3.8) is 0 Å². The zero-order valence-electron chi connectivity index (χ0n) is 28.7. The van der Waals surface area contributed by atoms with E-state index >= 15 is 0 Å². The summed E-state index contributed by atoms with van der Waals surface area (Å²) in [5.41, 5.74) is 13.3. The van der Waals surface area contributed by atoms with Gasteiger partial charge in [-0.2, -0.15) is 0 Å². The molecule has 0 aliphatic carbocycles. The van der Waals surface area contributed by atoms with Crippen molar-refractivity contribution in [1.82, 2.24) is 15.6 Å². The monoisotopic (exact) mass is 657 g/mol. The van der Waals surface area contributed by atoms with E-state index in [4.69, 9.17) is 16.5 Å². The van der Waals surface area contributed by atoms with Crippen LogP contribution in [0.15, 0.2) is 18.2 Å². The zero-order chi connectivity index (χ0) is 34.6. The average Bonchev–Trinajstić information content (AvgIpc) is 3.39. The van der Waals surface area contributed by atoms with Crippen molar-refractivity contribution in [2.45, 2.75) is 118 Å². The molecule has 1 aromatic carbocycles. The summed E-state index contributed by atoms with van der Waals surface area (Å²) >= 11 is 1.51. The molecule has 2 rings (SSSR count). The first-order valence-corrected chi connectivity index (χ1v) is 17.5. The van der Waals surface area contributed by atoms with E-state index < -0.39 is 35.7 Å². The summed E-state index contributed by atoms with van der Waals surface area (Å²) in [6, 6.07) is 4.48. The van der Waals surface area contributed by atoms with E-state index in [0.717, 1.165) is 15.2 Å². The predicted molar refractivity (Wildman–Crippen MR) is 184 cm³/mol. The van der Waals surface area contributed by atoms with Crippen LogP contribution in [0.4, 0.5) is 0 Å². The number of aromatic nitrogens is 1. The zero-order valence-corrected chi connectivity index (χ0v) is 29.5. The fraction of sp³-hybridized carbons (Fsp3) is 0.657. The molecule has 1 aromatic heterocycles. The van der Waals surface area contributed by atoms with Gasteiger partial charge in [0.15, 0.2) is 5.78 Å². The smallest absolute Gasteiger partial charge is 0.240 e. The van der Waals surface area contributed by atoms with Crippen molar-refractivity contribution in [3.05, 3.63) is 28.8 Å². The van der Waals surface area contributed by atoms with Crippen molar-refractivity contribution in [3.8, 4) is 0 Å². The largest absolute Gasteiger partial charge is 0.368 e. The maximum absolute atomic E-state index is 13.8. The Labute approximate surface area is 278 Å². The number of amides is 3. The minimum atomic E-state index is -0.844. The number of primary amides is 1. The molecule has 10 nitrogen and oxygen atoms in total. The SMILES string of the molecule is CC[C@H](C)[C@H](NC(=O)[C@@H](CC(C)=O)Cc1nc2ccc(C(C)C)cc2s1)C(=O)C[C@@H](CCCCN)C(=O)N[C@@H](CC(C)C)C(N)=O. The molecule has 0 spiro atoms. The van der Waals surface area contributed by atoms with Crippen LogP contribution in [-0.2, 0) is 30.4 Å². The lowest BCUT2D eigenvalue weighted by Gasteiger charge is -2.27. The second-order valence-corrected chi connectivity index (χ2v) is 14.5. The molecule has 0 aliphatic rings. The molecule has 0 radical (unpaired) electrons. The van der Waals surface area contributed by atoms with Crippen molar-refractivity contribution in [1.29, 1.82) is 0 Å². The quantitative estimate of drug-likeness (QED) is 0.139. The number of unbranched alkanes of at least 4 members (excludes halogenated alkanes) is 1. The highest BCUT2D eigenvalue weighted by Crippen LogP contribution is 2.29. The average molecular weight is 658 g/mol. The van der Waals surface area contributed by atoms with Gasteiger partial charge in [0.1, 0.15) is 11.8 Å². The molecule has 0 saturated carbocycles. The normalized spacial score (nSPS) is 14.9. The number of hydrogen-bond donors (Lipinski definition) is 4. The number of nitrogens with zero attached hydrogens (tertiary/aromatic N) is 1. The molecule has 0 aliphatic heterocycles. The van der Waals surface area contributed by atoms with E-state index in [1.165, 1.54) is 23.8 Å². The number of Topliss-reactive ketones (excluding diaryl/α,β-unsaturated/α-hetero) is 2. The van der Waals surface area contributed by atoms with Gasteiger partial charge < -0.3 is 26.9 Å². The summed E-state index contributed by atoms with van der Waals surface area (Å²) < 4.78 is 1.03. The third-order valence-electron chi connectivity index (χ3n) is 8.50. The highest BCUT2D eigenvalue weighted by atomic mass is 32.1. The van der Waals surface area contributed by atoms with Gasteiger partial charge in [-0.05, 0) is 68.2 Å². The summed E-state index contributed by atoms with van der Waals surface area (Å²) in [4.78, 5) is 70.0. The lowest BCUT2D eigenvalue weighted by molar-refractivity contribution is -0.135. The molecule has 0 bridgehead atoms. The minimum Gasteiger partial charge on any atom is -0.368 e. The molecule has 3 amide bonds. The number of carbonyl (C=O) groups excluding carboxylic acids is 5. The Kier molecular flexibility index (Phi) is 16.0. The summed E-state index contributed by atoms with van der Waals surface area (Å²) in [7, 11) is 0. The number of nitrogens with one attached hydrogen (secondary N) is 2. The van der Waals surface area contributed by atoms with Crippen LogP contribution in [0.1, 0.15) is 110 Å². The van der Waals surface area contributed by atoms with Gasteiger partial charge in [0.2, 0.25) is 17.7 Å². The highest BCUT2D eigenvalue weighted by Gasteiger charge is 2.33. The topological polar surface area (TPSA) is 174 Å². The Hall–Kier alpha value is -3.18. The molecule has 2 aromatic rings. The lowest BCUT2D eigenvalue weighted by atomic mass is 9.86. The van der Waals surface area contributed by atoms with Crippen LogP contribution in [0.5, 0.6) is 0 Å². The minimum absolute atomic E-state index is 0.0227. The Morgan fingerprint density at radius 2 is 1.61 bits per heavy atom. The van der Waals surface area contributed by atoms with Crippen LogP contribution in [0, 0.1) is 23.7 Å². The standard InChI is InChI=1S/C35H55N5O5S/c1-8-22(6)32(29(42)17-25(11-9-10-14-36)34(44)39-28(33(37)43)15-20(2)3)40-35(45)26(16-23(7)41)19-31-38-27-13-12-24(21(4)5)18-30(27)46-31/h12-13,18,20-22,25-26,28,32H,8-11,14-17,19,36H2,1-7H3,(H2,37,43)(H,39,44)(H,40,45)/t22-,25+,26-,28-,32-/m0/s1. The van der Waals surface area contributed by atoms with Crippen LogP contribution in [0.2, 0.25) is 0 Å². The summed E-state index contributed by atoms with van der Waals surface area (Å²) in [5.74, 6) is -2.92. The summed E-state index contributed by atoms with van der Waals surface area (Å²) in [5, 5.41) is 6.48. The number of hydrogen-bond acceptors (Lipinski definition) is 8. The molecule has 6 N–H and O–H groups in total. The Morgan fingerprint density at radius 3 is 2.17 bits per heavy atom. The first-order valence-electron chi connectivity index (χ1n) is 16.7. The third-order valence-corrected chi connectivity index (χ3v) is 9.54. The molecule has 256 valence electrons. The predicted octanol–water partition coefficient (Wildman–Crippen LogP) is 4.81. The second kappa shape index (κ2) is 18.8. The molecule has 11 heteroatoms.